The summed E-state index contributed by atoms with van der Waals surface area (Å²) in [5.74, 6) is -0.248. The Morgan fingerprint density at radius 3 is 2.43 bits per heavy atom. The van der Waals surface area contributed by atoms with E-state index in [-0.39, 0.29) is 22.5 Å². The number of nitrogens with zero attached hydrogens (tertiary/aromatic N) is 2. The van der Waals surface area contributed by atoms with Gasteiger partial charge >= 0.3 is 0 Å². The van der Waals surface area contributed by atoms with Crippen LogP contribution < -0.4 is 4.90 Å². The van der Waals surface area contributed by atoms with E-state index in [9.17, 15) is 18.0 Å². The second-order valence-corrected chi connectivity index (χ2v) is 9.92. The summed E-state index contributed by atoms with van der Waals surface area (Å²) >= 11 is 0. The van der Waals surface area contributed by atoms with Crippen molar-refractivity contribution in [2.75, 3.05) is 24.5 Å². The van der Waals surface area contributed by atoms with Gasteiger partial charge in [-0.15, -0.1) is 0 Å². The molecule has 0 aliphatic carbocycles. The number of piperidine rings is 1. The smallest absolute Gasteiger partial charge is 0.243 e. The Balaban J connectivity index is 1.46. The van der Waals surface area contributed by atoms with E-state index in [0.29, 0.717) is 38.0 Å². The van der Waals surface area contributed by atoms with E-state index in [1.165, 1.54) is 28.9 Å². The Labute approximate surface area is 177 Å². The quantitative estimate of drug-likeness (QED) is 0.704. The van der Waals surface area contributed by atoms with E-state index in [2.05, 4.69) is 6.07 Å². The van der Waals surface area contributed by atoms with Crippen molar-refractivity contribution in [3.63, 3.8) is 0 Å². The minimum Gasteiger partial charge on any atom is -0.312 e. The van der Waals surface area contributed by atoms with Crippen molar-refractivity contribution in [3.8, 4) is 0 Å². The summed E-state index contributed by atoms with van der Waals surface area (Å²) in [7, 11) is -3.68. The highest BCUT2D eigenvalue weighted by Crippen LogP contribution is 2.31. The molecule has 0 atom stereocenters. The molecule has 2 aromatic carbocycles. The maximum absolute atomic E-state index is 13.2. The number of rotatable bonds is 4. The van der Waals surface area contributed by atoms with E-state index in [1.807, 2.05) is 23.1 Å². The number of ketones is 1. The molecule has 1 fully saturated rings. The van der Waals surface area contributed by atoms with Gasteiger partial charge in [0.1, 0.15) is 0 Å². The lowest BCUT2D eigenvalue weighted by atomic mass is 9.94. The molecule has 0 bridgehead atoms. The maximum Gasteiger partial charge on any atom is 0.243 e. The topological polar surface area (TPSA) is 74.8 Å². The fraction of sp³-hybridized carbons (Fsp3) is 0.391. The average Bonchev–Trinajstić information content (AvgIpc) is 2.78. The highest BCUT2D eigenvalue weighted by molar-refractivity contribution is 7.89. The van der Waals surface area contributed by atoms with Crippen LogP contribution in [-0.4, -0.2) is 44.0 Å². The first-order chi connectivity index (χ1) is 14.4. The molecule has 2 heterocycles. The first-order valence-electron chi connectivity index (χ1n) is 10.4. The zero-order chi connectivity index (χ0) is 21.3. The number of benzene rings is 2. The Kier molecular flexibility index (Phi) is 5.75. The van der Waals surface area contributed by atoms with E-state index in [0.717, 1.165) is 18.5 Å². The number of aryl methyl sites for hydroxylation is 1. The van der Waals surface area contributed by atoms with E-state index < -0.39 is 10.0 Å². The van der Waals surface area contributed by atoms with Gasteiger partial charge in [0.25, 0.3) is 0 Å². The second-order valence-electron chi connectivity index (χ2n) is 7.98. The zero-order valence-electron chi connectivity index (χ0n) is 17.1. The number of Topliss-reactive ketones (excluding diaryl/α,β-unsaturated/α-hetero) is 1. The molecular formula is C23H26N2O4S. The summed E-state index contributed by atoms with van der Waals surface area (Å²) in [6.07, 6.45) is 2.94. The molecule has 7 heteroatoms. The van der Waals surface area contributed by atoms with Crippen LogP contribution in [0.4, 0.5) is 5.69 Å². The Hall–Kier alpha value is -2.51. The SMILES string of the molecule is CC(=O)c1cccc(S(=O)(=O)N2CCC(C(=O)N3CCCc4ccccc43)CC2)c1. The van der Waals surface area contributed by atoms with Gasteiger partial charge in [-0.2, -0.15) is 4.31 Å². The van der Waals surface area contributed by atoms with Gasteiger partial charge in [0.2, 0.25) is 15.9 Å². The molecule has 1 saturated heterocycles. The summed E-state index contributed by atoms with van der Waals surface area (Å²) < 4.78 is 27.5. The zero-order valence-corrected chi connectivity index (χ0v) is 17.9. The molecule has 0 radical (unpaired) electrons. The van der Waals surface area contributed by atoms with E-state index in [1.54, 1.807) is 12.1 Å². The lowest BCUT2D eigenvalue weighted by Gasteiger charge is -2.36. The Morgan fingerprint density at radius 2 is 1.70 bits per heavy atom. The Morgan fingerprint density at radius 1 is 0.967 bits per heavy atom. The number of fused-ring (bicyclic) bond motifs is 1. The van der Waals surface area contributed by atoms with Crippen molar-refractivity contribution in [1.29, 1.82) is 0 Å². The van der Waals surface area contributed by atoms with Crippen LogP contribution >= 0.6 is 0 Å². The normalized spacial score (nSPS) is 18.1. The molecular weight excluding hydrogens is 400 g/mol. The minimum atomic E-state index is -3.68. The number of carbonyl (C=O) groups excluding carboxylic acids is 2. The third kappa shape index (κ3) is 3.91. The third-order valence-corrected chi connectivity index (χ3v) is 7.95. The van der Waals surface area contributed by atoms with Gasteiger partial charge < -0.3 is 4.90 Å². The fourth-order valence-corrected chi connectivity index (χ4v) is 5.87. The number of sulfonamides is 1. The molecule has 0 aromatic heterocycles. The van der Waals surface area contributed by atoms with Gasteiger partial charge in [-0.1, -0.05) is 30.3 Å². The van der Waals surface area contributed by atoms with Crippen LogP contribution in [0.1, 0.15) is 42.1 Å². The van der Waals surface area contributed by atoms with Crippen LogP contribution in [0.25, 0.3) is 0 Å². The minimum absolute atomic E-state index is 0.0952. The van der Waals surface area contributed by atoms with Crippen molar-refractivity contribution < 1.29 is 18.0 Å². The molecule has 0 unspecified atom stereocenters. The van der Waals surface area contributed by atoms with Crippen molar-refractivity contribution in [2.24, 2.45) is 5.92 Å². The van der Waals surface area contributed by atoms with Crippen molar-refractivity contribution in [3.05, 3.63) is 59.7 Å². The van der Waals surface area contributed by atoms with Crippen LogP contribution in [0.2, 0.25) is 0 Å². The van der Waals surface area contributed by atoms with Gasteiger partial charge in [-0.05, 0) is 56.4 Å². The predicted octanol–water partition coefficient (Wildman–Crippen LogP) is 3.27. The van der Waals surface area contributed by atoms with Crippen molar-refractivity contribution >= 4 is 27.4 Å². The van der Waals surface area contributed by atoms with Crippen LogP contribution in [-0.2, 0) is 21.2 Å². The number of para-hydroxylation sites is 1. The first kappa shape index (κ1) is 20.8. The molecule has 158 valence electrons. The van der Waals surface area contributed by atoms with Crippen LogP contribution in [0, 0.1) is 5.92 Å². The van der Waals surface area contributed by atoms with Gasteiger partial charge in [0.15, 0.2) is 5.78 Å². The summed E-state index contributed by atoms with van der Waals surface area (Å²) in [4.78, 5) is 26.8. The fourth-order valence-electron chi connectivity index (χ4n) is 4.35. The molecule has 1 amide bonds. The van der Waals surface area contributed by atoms with Crippen LogP contribution in [0.5, 0.6) is 0 Å². The molecule has 2 aromatic rings. The summed E-state index contributed by atoms with van der Waals surface area (Å²) in [6, 6.07) is 14.2. The lowest BCUT2D eigenvalue weighted by molar-refractivity contribution is -0.123. The third-order valence-electron chi connectivity index (χ3n) is 6.06. The van der Waals surface area contributed by atoms with Crippen molar-refractivity contribution in [1.82, 2.24) is 4.31 Å². The van der Waals surface area contributed by atoms with E-state index in [4.69, 9.17) is 0 Å². The molecule has 2 aliphatic rings. The molecule has 2 aliphatic heterocycles. The summed E-state index contributed by atoms with van der Waals surface area (Å²) in [5.41, 5.74) is 2.57. The highest BCUT2D eigenvalue weighted by Gasteiger charge is 2.35. The standard InChI is InChI=1S/C23H26N2O4S/c1-17(26)20-7-4-9-21(16-20)30(28,29)24-14-11-19(12-15-24)23(27)25-13-5-8-18-6-2-3-10-22(18)25/h2-4,6-7,9-10,16,19H,5,8,11-15H2,1H3. The molecule has 0 N–H and O–H groups in total. The molecule has 4 rings (SSSR count). The monoisotopic (exact) mass is 426 g/mol. The van der Waals surface area contributed by atoms with Gasteiger partial charge in [0, 0.05) is 36.8 Å². The Bertz CT molecular complexity index is 1070. The molecule has 6 nitrogen and oxygen atoms in total. The number of anilines is 1. The van der Waals surface area contributed by atoms with Gasteiger partial charge in [0.05, 0.1) is 4.90 Å². The predicted molar refractivity (Wildman–Crippen MR) is 115 cm³/mol. The van der Waals surface area contributed by atoms with E-state index >= 15 is 0 Å². The number of hydrogen-bond donors (Lipinski definition) is 0. The lowest BCUT2D eigenvalue weighted by Crippen LogP contribution is -2.45. The first-order valence-corrected chi connectivity index (χ1v) is 11.8. The molecule has 30 heavy (non-hydrogen) atoms. The number of carbonyl (C=O) groups is 2. The van der Waals surface area contributed by atoms with Crippen LogP contribution in [0.15, 0.2) is 53.4 Å². The number of amides is 1. The summed E-state index contributed by atoms with van der Waals surface area (Å²) in [6.45, 7) is 2.74. The number of hydrogen-bond acceptors (Lipinski definition) is 4. The second kappa shape index (κ2) is 8.32. The van der Waals surface area contributed by atoms with Gasteiger partial charge in [-0.3, -0.25) is 9.59 Å². The summed E-state index contributed by atoms with van der Waals surface area (Å²) in [5, 5.41) is 0. The van der Waals surface area contributed by atoms with Gasteiger partial charge in [-0.25, -0.2) is 8.42 Å². The largest absolute Gasteiger partial charge is 0.312 e. The molecule has 0 spiro atoms. The molecule has 0 saturated carbocycles. The average molecular weight is 427 g/mol. The maximum atomic E-state index is 13.2. The highest BCUT2D eigenvalue weighted by atomic mass is 32.2. The van der Waals surface area contributed by atoms with Crippen LogP contribution in [0.3, 0.4) is 0 Å². The van der Waals surface area contributed by atoms with Crippen molar-refractivity contribution in [2.45, 2.75) is 37.5 Å².